The number of aryl methyl sites for hydroxylation is 4. The molecule has 2 unspecified atom stereocenters. The van der Waals surface area contributed by atoms with Crippen LogP contribution in [-0.4, -0.2) is 65.8 Å². The van der Waals surface area contributed by atoms with E-state index in [1.807, 2.05) is 0 Å². The molecule has 0 amide bonds. The minimum Gasteiger partial charge on any atom is -1.00 e. The minimum atomic E-state index is 0. The molecule has 0 aliphatic carbocycles. The summed E-state index contributed by atoms with van der Waals surface area (Å²) in [6, 6.07) is 13.0. The molecule has 2 atom stereocenters. The van der Waals surface area contributed by atoms with Crippen LogP contribution in [0.5, 0.6) is 0 Å². The van der Waals surface area contributed by atoms with Crippen LogP contribution in [0, 0.1) is 27.7 Å². The quantitative estimate of drug-likeness (QED) is 0.282. The fraction of sp³-hybridized carbons (Fsp3) is 0.622. The van der Waals surface area contributed by atoms with Crippen molar-refractivity contribution in [2.45, 2.75) is 119 Å². The van der Waals surface area contributed by atoms with E-state index in [0.29, 0.717) is 24.4 Å². The Bertz CT molecular complexity index is 1100. The lowest BCUT2D eigenvalue weighted by atomic mass is 9.89. The molecule has 0 bridgehead atoms. The molecular weight excluding hydrogens is 631 g/mol. The Morgan fingerprint density at radius 3 is 1.69 bits per heavy atom. The molecule has 2 fully saturated rings. The van der Waals surface area contributed by atoms with Crippen molar-refractivity contribution in [3.63, 3.8) is 0 Å². The molecular formula is C37H59IN2O2. The second-order valence-electron chi connectivity index (χ2n) is 12.3. The third kappa shape index (κ3) is 9.46. The lowest BCUT2D eigenvalue weighted by Crippen LogP contribution is -3.00. The van der Waals surface area contributed by atoms with Crippen molar-refractivity contribution in [3.8, 4) is 0 Å². The van der Waals surface area contributed by atoms with Crippen molar-refractivity contribution in [2.75, 3.05) is 32.7 Å². The average Bonchev–Trinajstić information content (AvgIpc) is 2.97. The molecule has 2 heterocycles. The number of halogens is 1. The summed E-state index contributed by atoms with van der Waals surface area (Å²) in [4.78, 5) is 27.9. The van der Waals surface area contributed by atoms with Gasteiger partial charge >= 0.3 is 0 Å². The van der Waals surface area contributed by atoms with E-state index in [4.69, 9.17) is 0 Å². The summed E-state index contributed by atoms with van der Waals surface area (Å²) in [5.74, 6) is 0.856. The number of likely N-dealkylation sites (tertiary alicyclic amines) is 2. The molecule has 4 nitrogen and oxygen atoms in total. The minimum absolute atomic E-state index is 0. The number of rotatable bonds is 9. The number of carbonyl (C=O) groups excluding carboxylic acids is 2. The van der Waals surface area contributed by atoms with E-state index in [2.05, 4.69) is 89.8 Å². The SMILES string of the molecule is C.CCN1CCCCC1C(=O)Cc1c(C)cccc1C.CC[N+]1(CC)CCCCC1C(=O)Cc1c(C)cccc1C.[I-]. The van der Waals surface area contributed by atoms with Gasteiger partial charge < -0.3 is 28.5 Å². The van der Waals surface area contributed by atoms with E-state index < -0.39 is 0 Å². The van der Waals surface area contributed by atoms with Crippen molar-refractivity contribution < 1.29 is 38.0 Å². The van der Waals surface area contributed by atoms with Gasteiger partial charge in [-0.1, -0.05) is 57.2 Å². The maximum Gasteiger partial charge on any atom is 0.194 e. The lowest BCUT2D eigenvalue weighted by molar-refractivity contribution is -0.944. The van der Waals surface area contributed by atoms with Crippen molar-refractivity contribution in [1.82, 2.24) is 4.90 Å². The van der Waals surface area contributed by atoms with E-state index in [1.165, 1.54) is 65.6 Å². The van der Waals surface area contributed by atoms with Gasteiger partial charge in [-0.3, -0.25) is 14.5 Å². The van der Waals surface area contributed by atoms with Gasteiger partial charge in [-0.2, -0.15) is 0 Å². The zero-order valence-electron chi connectivity index (χ0n) is 26.9. The maximum atomic E-state index is 13.0. The Hall–Kier alpha value is -1.57. The van der Waals surface area contributed by atoms with E-state index >= 15 is 0 Å². The zero-order chi connectivity index (χ0) is 29.3. The number of Topliss-reactive ketones (excluding diaryl/α,β-unsaturated/α-hetero) is 2. The van der Waals surface area contributed by atoms with Crippen molar-refractivity contribution in [2.24, 2.45) is 0 Å². The summed E-state index contributed by atoms with van der Waals surface area (Å²) in [5.41, 5.74) is 7.47. The van der Waals surface area contributed by atoms with Gasteiger partial charge in [-0.25, -0.2) is 0 Å². The highest BCUT2D eigenvalue weighted by atomic mass is 127. The van der Waals surface area contributed by atoms with Gasteiger partial charge in [0.2, 0.25) is 0 Å². The number of ketones is 2. The Kier molecular flexibility index (Phi) is 16.7. The van der Waals surface area contributed by atoms with Crippen LogP contribution in [0.25, 0.3) is 0 Å². The molecule has 236 valence electrons. The van der Waals surface area contributed by atoms with Gasteiger partial charge in [0.05, 0.1) is 25.7 Å². The molecule has 4 rings (SSSR count). The monoisotopic (exact) mass is 690 g/mol. The topological polar surface area (TPSA) is 37.4 Å². The predicted octanol–water partition coefficient (Wildman–Crippen LogP) is 4.75. The first kappa shape index (κ1) is 38.5. The highest BCUT2D eigenvalue weighted by Crippen LogP contribution is 2.28. The van der Waals surface area contributed by atoms with Gasteiger partial charge in [-0.15, -0.1) is 0 Å². The molecule has 2 aromatic carbocycles. The van der Waals surface area contributed by atoms with Crippen LogP contribution in [0.2, 0.25) is 0 Å². The van der Waals surface area contributed by atoms with E-state index in [-0.39, 0.29) is 43.5 Å². The summed E-state index contributed by atoms with van der Waals surface area (Å²) in [7, 11) is 0. The van der Waals surface area contributed by atoms with Crippen molar-refractivity contribution in [1.29, 1.82) is 0 Å². The zero-order valence-corrected chi connectivity index (χ0v) is 29.1. The lowest BCUT2D eigenvalue weighted by Gasteiger charge is -2.46. The summed E-state index contributed by atoms with van der Waals surface area (Å²) >= 11 is 0. The number of hydrogen-bond acceptors (Lipinski definition) is 3. The van der Waals surface area contributed by atoms with Crippen LogP contribution in [0.4, 0.5) is 0 Å². The molecule has 0 saturated carbocycles. The smallest absolute Gasteiger partial charge is 0.194 e. The normalized spacial score (nSPS) is 19.9. The summed E-state index contributed by atoms with van der Waals surface area (Å²) < 4.78 is 1.00. The van der Waals surface area contributed by atoms with Crippen molar-refractivity contribution >= 4 is 11.6 Å². The van der Waals surface area contributed by atoms with Crippen LogP contribution in [-0.2, 0) is 22.4 Å². The van der Waals surface area contributed by atoms with Crippen LogP contribution >= 0.6 is 0 Å². The number of carbonyl (C=O) groups is 2. The van der Waals surface area contributed by atoms with E-state index in [0.717, 1.165) is 43.5 Å². The maximum absolute atomic E-state index is 13.0. The number of likely N-dealkylation sites (N-methyl/N-ethyl adjacent to an activating group) is 2. The van der Waals surface area contributed by atoms with Gasteiger partial charge in [0.1, 0.15) is 6.04 Å². The van der Waals surface area contributed by atoms with Crippen LogP contribution < -0.4 is 24.0 Å². The molecule has 0 N–H and O–H groups in total. The summed E-state index contributed by atoms with van der Waals surface area (Å²) in [6.07, 6.45) is 8.24. The first-order valence-electron chi connectivity index (χ1n) is 15.9. The fourth-order valence-corrected chi connectivity index (χ4v) is 7.21. The number of nitrogens with zero attached hydrogens (tertiary/aromatic N) is 2. The molecule has 0 spiro atoms. The van der Waals surface area contributed by atoms with Crippen LogP contribution in [0.1, 0.15) is 100 Å². The van der Waals surface area contributed by atoms with E-state index in [1.54, 1.807) is 0 Å². The molecule has 0 aromatic heterocycles. The Balaban J connectivity index is 0.000000403. The standard InChI is InChI=1S/C19H30NO.C17H25NO.CH4.HI/c1-5-20(6-2)13-8-7-12-18(20)19(21)14-17-15(3)10-9-11-16(17)4;1-4-18-11-6-5-10-16(18)17(19)12-15-13(2)8-7-9-14(15)3;;/h9-11,18H,5-8,12-14H2,1-4H3;7-9,16H,4-6,10-12H2,1-3H3;1H4;1H/q+1;;;/p-1. The third-order valence-electron chi connectivity index (χ3n) is 10.0. The van der Waals surface area contributed by atoms with Gasteiger partial charge in [0, 0.05) is 19.3 Å². The molecule has 2 saturated heterocycles. The molecule has 2 aliphatic rings. The second kappa shape index (κ2) is 18.3. The van der Waals surface area contributed by atoms with Gasteiger partial charge in [-0.05, 0) is 114 Å². The number of piperidine rings is 2. The van der Waals surface area contributed by atoms with Crippen LogP contribution in [0.3, 0.4) is 0 Å². The highest BCUT2D eigenvalue weighted by molar-refractivity contribution is 5.87. The molecule has 5 heteroatoms. The van der Waals surface area contributed by atoms with Gasteiger partial charge in [0.25, 0.3) is 0 Å². The Morgan fingerprint density at radius 1 is 0.738 bits per heavy atom. The molecule has 0 radical (unpaired) electrons. The Morgan fingerprint density at radius 2 is 1.21 bits per heavy atom. The largest absolute Gasteiger partial charge is 1.00 e. The number of benzene rings is 2. The first-order valence-corrected chi connectivity index (χ1v) is 15.9. The fourth-order valence-electron chi connectivity index (χ4n) is 7.21. The molecule has 2 aliphatic heterocycles. The van der Waals surface area contributed by atoms with Gasteiger partial charge in [0.15, 0.2) is 11.6 Å². The summed E-state index contributed by atoms with van der Waals surface area (Å²) in [5, 5.41) is 0. The summed E-state index contributed by atoms with van der Waals surface area (Å²) in [6.45, 7) is 20.5. The van der Waals surface area contributed by atoms with E-state index in [9.17, 15) is 9.59 Å². The number of hydrogen-bond donors (Lipinski definition) is 0. The third-order valence-corrected chi connectivity index (χ3v) is 10.0. The highest BCUT2D eigenvalue weighted by Gasteiger charge is 2.41. The number of quaternary nitrogens is 1. The second-order valence-corrected chi connectivity index (χ2v) is 12.3. The molecule has 2 aromatic rings. The van der Waals surface area contributed by atoms with Crippen molar-refractivity contribution in [3.05, 3.63) is 69.8 Å². The molecule has 42 heavy (non-hydrogen) atoms. The average molecular weight is 691 g/mol. The first-order chi connectivity index (χ1) is 19.2. The Labute approximate surface area is 275 Å². The van der Waals surface area contributed by atoms with Crippen LogP contribution in [0.15, 0.2) is 36.4 Å². The predicted molar refractivity (Wildman–Crippen MR) is 175 cm³/mol.